The smallest absolute Gasteiger partial charge is 0.261 e. The number of amides is 1. The number of aromatic amines is 1. The molecule has 3 aromatic rings. The van der Waals surface area contributed by atoms with Crippen molar-refractivity contribution in [2.24, 2.45) is 0 Å². The summed E-state index contributed by atoms with van der Waals surface area (Å²) in [6.07, 6.45) is 1.44. The summed E-state index contributed by atoms with van der Waals surface area (Å²) in [6.45, 7) is 12.6. The van der Waals surface area contributed by atoms with E-state index in [2.05, 4.69) is 17.2 Å². The number of rotatable bonds is 10. The minimum Gasteiger partial charge on any atom is -0.493 e. The van der Waals surface area contributed by atoms with Gasteiger partial charge >= 0.3 is 0 Å². The molecule has 0 spiro atoms. The molecule has 1 atom stereocenters. The van der Waals surface area contributed by atoms with E-state index in [1.54, 1.807) is 25.3 Å². The van der Waals surface area contributed by atoms with Crippen molar-refractivity contribution < 1.29 is 19.0 Å². The van der Waals surface area contributed by atoms with Crippen molar-refractivity contribution >= 4 is 16.8 Å². The van der Waals surface area contributed by atoms with E-state index in [9.17, 15) is 9.59 Å². The number of ether oxygens (including phenoxy) is 3. The van der Waals surface area contributed by atoms with Crippen LogP contribution in [-0.4, -0.2) is 36.3 Å². The fourth-order valence-corrected chi connectivity index (χ4v) is 3.63. The normalized spacial score (nSPS) is 11.9. The third-order valence-corrected chi connectivity index (χ3v) is 5.20. The lowest BCUT2D eigenvalue weighted by atomic mass is 10.1. The molecule has 3 rings (SSSR count). The lowest BCUT2D eigenvalue weighted by Gasteiger charge is -2.22. The van der Waals surface area contributed by atoms with Crippen LogP contribution in [0.4, 0.5) is 0 Å². The largest absolute Gasteiger partial charge is 0.493 e. The Morgan fingerprint density at radius 3 is 2.39 bits per heavy atom. The SMILES string of the molecule is CC.CCCC(COCc1ccccc1)Oc1c(OC)ccc2cc(C(=O)NC(C)(C)C)c(=O)[nH]c12. The maximum atomic E-state index is 12.8. The van der Waals surface area contributed by atoms with Crippen LogP contribution in [0.5, 0.6) is 11.5 Å². The Balaban J connectivity index is 0.00000222. The zero-order valence-electron chi connectivity index (χ0n) is 22.6. The van der Waals surface area contributed by atoms with E-state index in [0.29, 0.717) is 35.6 Å². The molecule has 196 valence electrons. The summed E-state index contributed by atoms with van der Waals surface area (Å²) in [5.41, 5.74) is 0.682. The number of carbonyl (C=O) groups excluding carboxylic acids is 1. The van der Waals surface area contributed by atoms with Crippen molar-refractivity contribution in [2.75, 3.05) is 13.7 Å². The maximum absolute atomic E-state index is 12.8. The van der Waals surface area contributed by atoms with Gasteiger partial charge in [0, 0.05) is 10.9 Å². The van der Waals surface area contributed by atoms with Crippen molar-refractivity contribution in [1.82, 2.24) is 10.3 Å². The third-order valence-electron chi connectivity index (χ3n) is 5.20. The zero-order chi connectivity index (χ0) is 26.7. The summed E-state index contributed by atoms with van der Waals surface area (Å²) >= 11 is 0. The van der Waals surface area contributed by atoms with Crippen LogP contribution < -0.4 is 20.3 Å². The zero-order valence-corrected chi connectivity index (χ0v) is 22.6. The van der Waals surface area contributed by atoms with Gasteiger partial charge in [-0.25, -0.2) is 0 Å². The molecule has 0 saturated carbocycles. The molecule has 0 aliphatic heterocycles. The number of pyridine rings is 1. The first-order valence-corrected chi connectivity index (χ1v) is 12.6. The van der Waals surface area contributed by atoms with E-state index in [1.165, 1.54) is 0 Å². The third kappa shape index (κ3) is 8.12. The molecule has 1 heterocycles. The van der Waals surface area contributed by atoms with Crippen LogP contribution in [0.15, 0.2) is 53.3 Å². The number of aromatic nitrogens is 1. The van der Waals surface area contributed by atoms with Gasteiger partial charge in [-0.1, -0.05) is 57.5 Å². The molecule has 1 unspecified atom stereocenters. The number of hydrogen-bond acceptors (Lipinski definition) is 5. The van der Waals surface area contributed by atoms with Crippen LogP contribution in [0.25, 0.3) is 10.9 Å². The summed E-state index contributed by atoms with van der Waals surface area (Å²) in [5.74, 6) is 0.507. The first-order chi connectivity index (χ1) is 17.2. The number of nitrogens with one attached hydrogen (secondary N) is 2. The average molecular weight is 497 g/mol. The first kappa shape index (κ1) is 28.9. The van der Waals surface area contributed by atoms with E-state index in [1.807, 2.05) is 65.0 Å². The van der Waals surface area contributed by atoms with Crippen LogP contribution in [0.1, 0.15) is 70.3 Å². The van der Waals surface area contributed by atoms with Gasteiger partial charge in [-0.3, -0.25) is 9.59 Å². The first-order valence-electron chi connectivity index (χ1n) is 12.6. The molecular formula is C29H40N2O5. The molecule has 0 fully saturated rings. The second-order valence-electron chi connectivity index (χ2n) is 9.31. The van der Waals surface area contributed by atoms with Crippen LogP contribution in [-0.2, 0) is 11.3 Å². The number of hydrogen-bond donors (Lipinski definition) is 2. The fraction of sp³-hybridized carbons (Fsp3) is 0.448. The van der Waals surface area contributed by atoms with Crippen LogP contribution in [0, 0.1) is 0 Å². The summed E-state index contributed by atoms with van der Waals surface area (Å²) in [4.78, 5) is 28.3. The topological polar surface area (TPSA) is 89.7 Å². The van der Waals surface area contributed by atoms with E-state index in [-0.39, 0.29) is 11.7 Å². The molecule has 36 heavy (non-hydrogen) atoms. The Hall–Kier alpha value is -3.32. The van der Waals surface area contributed by atoms with Gasteiger partial charge in [-0.05, 0) is 51.0 Å². The average Bonchev–Trinajstić information content (AvgIpc) is 2.85. The molecule has 0 saturated heterocycles. The van der Waals surface area contributed by atoms with Crippen molar-refractivity contribution in [1.29, 1.82) is 0 Å². The monoisotopic (exact) mass is 496 g/mol. The maximum Gasteiger partial charge on any atom is 0.261 e. The fourth-order valence-electron chi connectivity index (χ4n) is 3.63. The van der Waals surface area contributed by atoms with Gasteiger partial charge in [0.15, 0.2) is 11.5 Å². The predicted molar refractivity (Wildman–Crippen MR) is 145 cm³/mol. The van der Waals surface area contributed by atoms with E-state index in [4.69, 9.17) is 14.2 Å². The molecule has 7 nitrogen and oxygen atoms in total. The Bertz CT molecular complexity index is 1170. The highest BCUT2D eigenvalue weighted by Gasteiger charge is 2.21. The molecule has 1 aromatic heterocycles. The molecule has 2 N–H and O–H groups in total. The van der Waals surface area contributed by atoms with Crippen LogP contribution >= 0.6 is 0 Å². The molecule has 0 radical (unpaired) electrons. The second-order valence-corrected chi connectivity index (χ2v) is 9.31. The van der Waals surface area contributed by atoms with Gasteiger partial charge < -0.3 is 24.5 Å². The highest BCUT2D eigenvalue weighted by molar-refractivity contribution is 5.98. The number of methoxy groups -OCH3 is 1. The van der Waals surface area contributed by atoms with Crippen molar-refractivity contribution in [3.05, 3.63) is 70.0 Å². The Labute approximate surface area is 214 Å². The molecule has 7 heteroatoms. The minimum absolute atomic E-state index is 0.0508. The lowest BCUT2D eigenvalue weighted by Crippen LogP contribution is -2.42. The van der Waals surface area contributed by atoms with Gasteiger partial charge in [0.2, 0.25) is 0 Å². The number of H-pyrrole nitrogens is 1. The van der Waals surface area contributed by atoms with Crippen LogP contribution in [0.2, 0.25) is 0 Å². The quantitative estimate of drug-likeness (QED) is 0.367. The number of carbonyl (C=O) groups is 1. The van der Waals surface area contributed by atoms with E-state index >= 15 is 0 Å². The van der Waals surface area contributed by atoms with Gasteiger partial charge in [0.25, 0.3) is 11.5 Å². The molecular weight excluding hydrogens is 456 g/mol. The number of fused-ring (bicyclic) bond motifs is 1. The molecule has 0 aliphatic rings. The van der Waals surface area contributed by atoms with Crippen molar-refractivity contribution in [2.45, 2.75) is 72.6 Å². The van der Waals surface area contributed by atoms with Crippen molar-refractivity contribution in [3.63, 3.8) is 0 Å². The van der Waals surface area contributed by atoms with E-state index < -0.39 is 17.0 Å². The summed E-state index contributed by atoms with van der Waals surface area (Å²) in [6, 6.07) is 15.1. The standard InChI is InChI=1S/C27H34N2O5.C2H6/c1-6-10-20(17-33-16-18-11-8-7-9-12-18)34-24-22(32-5)14-13-19-15-21(25(30)28-23(19)24)26(31)29-27(2,3)4;1-2/h7-9,11-15,20H,6,10,16-17H2,1-5H3,(H,28,30)(H,29,31);1-2H3. The summed E-state index contributed by atoms with van der Waals surface area (Å²) < 4.78 is 17.8. The van der Waals surface area contributed by atoms with Crippen molar-refractivity contribution in [3.8, 4) is 11.5 Å². The van der Waals surface area contributed by atoms with Crippen LogP contribution in [0.3, 0.4) is 0 Å². The Morgan fingerprint density at radius 1 is 1.08 bits per heavy atom. The van der Waals surface area contributed by atoms with Gasteiger partial charge in [-0.2, -0.15) is 0 Å². The molecule has 2 aromatic carbocycles. The van der Waals surface area contributed by atoms with E-state index in [0.717, 1.165) is 18.4 Å². The summed E-state index contributed by atoms with van der Waals surface area (Å²) in [7, 11) is 1.55. The second kappa shape index (κ2) is 13.7. The molecule has 1 amide bonds. The van der Waals surface area contributed by atoms with Gasteiger partial charge in [-0.15, -0.1) is 0 Å². The lowest BCUT2D eigenvalue weighted by molar-refractivity contribution is 0.0364. The highest BCUT2D eigenvalue weighted by Crippen LogP contribution is 2.35. The Morgan fingerprint density at radius 2 is 1.78 bits per heavy atom. The van der Waals surface area contributed by atoms with Gasteiger partial charge in [0.1, 0.15) is 11.7 Å². The summed E-state index contributed by atoms with van der Waals surface area (Å²) in [5, 5.41) is 3.51. The highest BCUT2D eigenvalue weighted by atomic mass is 16.5. The Kier molecular flexibility index (Phi) is 11.0. The minimum atomic E-state index is -0.486. The van der Waals surface area contributed by atoms with Gasteiger partial charge in [0.05, 0.1) is 25.8 Å². The predicted octanol–water partition coefficient (Wildman–Crippen LogP) is 5.86. The number of benzene rings is 2. The molecule has 0 bridgehead atoms. The molecule has 0 aliphatic carbocycles.